The van der Waals surface area contributed by atoms with Gasteiger partial charge >= 0.3 is 0 Å². The SMILES string of the molecule is Cc1ccc(Cl)c(-n2c(C)ccc2C)c1. The molecule has 0 aliphatic heterocycles. The lowest BCUT2D eigenvalue weighted by Gasteiger charge is -2.12. The summed E-state index contributed by atoms with van der Waals surface area (Å²) in [6.45, 7) is 6.26. The molecule has 1 heterocycles. The average molecular weight is 220 g/mol. The quantitative estimate of drug-likeness (QED) is 0.682. The van der Waals surface area contributed by atoms with E-state index < -0.39 is 0 Å². The lowest BCUT2D eigenvalue weighted by atomic mass is 10.2. The summed E-state index contributed by atoms with van der Waals surface area (Å²) >= 11 is 6.21. The standard InChI is InChI=1S/C13H14ClN/c1-9-4-7-12(14)13(8-9)15-10(2)5-6-11(15)3/h4-8H,1-3H3. The van der Waals surface area contributed by atoms with Crippen LogP contribution >= 0.6 is 11.6 Å². The highest BCUT2D eigenvalue weighted by Crippen LogP contribution is 2.25. The van der Waals surface area contributed by atoms with Crippen molar-refractivity contribution in [3.63, 3.8) is 0 Å². The van der Waals surface area contributed by atoms with E-state index in [2.05, 4.69) is 43.5 Å². The second-order valence-corrected chi connectivity index (χ2v) is 4.31. The van der Waals surface area contributed by atoms with Crippen LogP contribution in [-0.4, -0.2) is 4.57 Å². The van der Waals surface area contributed by atoms with Gasteiger partial charge in [-0.15, -0.1) is 0 Å². The predicted octanol–water partition coefficient (Wildman–Crippen LogP) is 4.06. The molecule has 0 saturated carbocycles. The van der Waals surface area contributed by atoms with Gasteiger partial charge in [0.1, 0.15) is 0 Å². The molecule has 0 spiro atoms. The predicted molar refractivity (Wildman–Crippen MR) is 65.0 cm³/mol. The van der Waals surface area contributed by atoms with E-state index in [0.29, 0.717) is 0 Å². The first kappa shape index (κ1) is 10.3. The van der Waals surface area contributed by atoms with Gasteiger partial charge in [-0.25, -0.2) is 0 Å². The zero-order valence-corrected chi connectivity index (χ0v) is 9.97. The molecule has 0 atom stereocenters. The van der Waals surface area contributed by atoms with Gasteiger partial charge in [0.05, 0.1) is 10.7 Å². The maximum atomic E-state index is 6.21. The van der Waals surface area contributed by atoms with Crippen molar-refractivity contribution in [2.75, 3.05) is 0 Å². The minimum absolute atomic E-state index is 0.794. The summed E-state index contributed by atoms with van der Waals surface area (Å²) in [7, 11) is 0. The summed E-state index contributed by atoms with van der Waals surface area (Å²) < 4.78 is 2.18. The van der Waals surface area contributed by atoms with Crippen LogP contribution in [0.5, 0.6) is 0 Å². The first-order valence-electron chi connectivity index (χ1n) is 5.01. The van der Waals surface area contributed by atoms with Gasteiger partial charge in [0, 0.05) is 11.4 Å². The van der Waals surface area contributed by atoms with E-state index >= 15 is 0 Å². The third-order valence-electron chi connectivity index (χ3n) is 2.61. The number of aryl methyl sites for hydroxylation is 3. The molecule has 0 bridgehead atoms. The normalized spacial score (nSPS) is 10.7. The fourth-order valence-corrected chi connectivity index (χ4v) is 2.04. The fourth-order valence-electron chi connectivity index (χ4n) is 1.84. The van der Waals surface area contributed by atoms with Crippen molar-refractivity contribution >= 4 is 11.6 Å². The average Bonchev–Trinajstić information content (AvgIpc) is 2.51. The molecule has 0 saturated heterocycles. The Bertz CT molecular complexity index is 478. The number of halogens is 1. The van der Waals surface area contributed by atoms with E-state index in [1.807, 2.05) is 12.1 Å². The van der Waals surface area contributed by atoms with Crippen molar-refractivity contribution in [3.8, 4) is 5.69 Å². The van der Waals surface area contributed by atoms with Crippen LogP contribution in [0, 0.1) is 20.8 Å². The minimum atomic E-state index is 0.794. The van der Waals surface area contributed by atoms with Crippen molar-refractivity contribution in [3.05, 3.63) is 52.3 Å². The van der Waals surface area contributed by atoms with Gasteiger partial charge in [0.15, 0.2) is 0 Å². The second-order valence-electron chi connectivity index (χ2n) is 3.91. The molecule has 2 aromatic rings. The van der Waals surface area contributed by atoms with Crippen molar-refractivity contribution in [2.45, 2.75) is 20.8 Å². The molecule has 0 N–H and O–H groups in total. The molecule has 1 aromatic carbocycles. The molecular formula is C13H14ClN. The van der Waals surface area contributed by atoms with Gasteiger partial charge in [-0.2, -0.15) is 0 Å². The van der Waals surface area contributed by atoms with Crippen LogP contribution in [0.2, 0.25) is 5.02 Å². The van der Waals surface area contributed by atoms with Gasteiger partial charge in [-0.3, -0.25) is 0 Å². The summed E-state index contributed by atoms with van der Waals surface area (Å²) in [4.78, 5) is 0. The molecular weight excluding hydrogens is 206 g/mol. The van der Waals surface area contributed by atoms with E-state index in [0.717, 1.165) is 10.7 Å². The molecule has 78 valence electrons. The summed E-state index contributed by atoms with van der Waals surface area (Å²) in [5, 5.41) is 0.794. The van der Waals surface area contributed by atoms with Crippen LogP contribution in [0.15, 0.2) is 30.3 Å². The van der Waals surface area contributed by atoms with E-state index in [-0.39, 0.29) is 0 Å². The number of aromatic nitrogens is 1. The van der Waals surface area contributed by atoms with Crippen LogP contribution in [0.25, 0.3) is 5.69 Å². The third kappa shape index (κ3) is 1.80. The van der Waals surface area contributed by atoms with Gasteiger partial charge in [-0.1, -0.05) is 17.7 Å². The largest absolute Gasteiger partial charge is 0.317 e. The lowest BCUT2D eigenvalue weighted by Crippen LogP contribution is -1.99. The number of rotatable bonds is 1. The molecule has 1 nitrogen and oxygen atoms in total. The molecule has 15 heavy (non-hydrogen) atoms. The zero-order chi connectivity index (χ0) is 11.0. The van der Waals surface area contributed by atoms with Crippen molar-refractivity contribution in [1.82, 2.24) is 4.57 Å². The van der Waals surface area contributed by atoms with Crippen LogP contribution in [-0.2, 0) is 0 Å². The maximum Gasteiger partial charge on any atom is 0.0646 e. The van der Waals surface area contributed by atoms with Crippen LogP contribution in [0.1, 0.15) is 17.0 Å². The maximum absolute atomic E-state index is 6.21. The van der Waals surface area contributed by atoms with Crippen LogP contribution < -0.4 is 0 Å². The van der Waals surface area contributed by atoms with Gasteiger partial charge in [0.2, 0.25) is 0 Å². The van der Waals surface area contributed by atoms with Gasteiger partial charge in [0.25, 0.3) is 0 Å². The van der Waals surface area contributed by atoms with Crippen molar-refractivity contribution in [2.24, 2.45) is 0 Å². The molecule has 0 aliphatic carbocycles. The van der Waals surface area contributed by atoms with Crippen molar-refractivity contribution < 1.29 is 0 Å². The number of hydrogen-bond donors (Lipinski definition) is 0. The topological polar surface area (TPSA) is 4.93 Å². The smallest absolute Gasteiger partial charge is 0.0646 e. The lowest BCUT2D eigenvalue weighted by molar-refractivity contribution is 0.964. The molecule has 0 amide bonds. The Morgan fingerprint density at radius 3 is 2.13 bits per heavy atom. The Morgan fingerprint density at radius 2 is 1.53 bits per heavy atom. The van der Waals surface area contributed by atoms with Crippen molar-refractivity contribution in [1.29, 1.82) is 0 Å². The number of nitrogens with zero attached hydrogens (tertiary/aromatic N) is 1. The highest BCUT2D eigenvalue weighted by atomic mass is 35.5. The van der Waals surface area contributed by atoms with E-state index in [4.69, 9.17) is 11.6 Å². The molecule has 0 unspecified atom stereocenters. The van der Waals surface area contributed by atoms with E-state index in [1.54, 1.807) is 0 Å². The minimum Gasteiger partial charge on any atom is -0.317 e. The summed E-state index contributed by atoms with van der Waals surface area (Å²) in [6.07, 6.45) is 0. The number of benzene rings is 1. The highest BCUT2D eigenvalue weighted by molar-refractivity contribution is 6.32. The molecule has 0 aliphatic rings. The number of hydrogen-bond acceptors (Lipinski definition) is 0. The second kappa shape index (κ2) is 3.74. The highest BCUT2D eigenvalue weighted by Gasteiger charge is 2.07. The molecule has 2 heteroatoms. The fraction of sp³-hybridized carbons (Fsp3) is 0.231. The molecule has 1 aromatic heterocycles. The first-order valence-corrected chi connectivity index (χ1v) is 5.39. The monoisotopic (exact) mass is 219 g/mol. The van der Waals surface area contributed by atoms with Crippen LogP contribution in [0.3, 0.4) is 0 Å². The first-order chi connectivity index (χ1) is 7.09. The molecule has 0 radical (unpaired) electrons. The zero-order valence-electron chi connectivity index (χ0n) is 9.21. The summed E-state index contributed by atoms with van der Waals surface area (Å²) in [6, 6.07) is 10.3. The summed E-state index contributed by atoms with van der Waals surface area (Å²) in [5.74, 6) is 0. The van der Waals surface area contributed by atoms with Gasteiger partial charge in [-0.05, 0) is 50.6 Å². The Kier molecular flexibility index (Phi) is 2.57. The summed E-state index contributed by atoms with van der Waals surface area (Å²) in [5.41, 5.74) is 4.71. The van der Waals surface area contributed by atoms with E-state index in [9.17, 15) is 0 Å². The van der Waals surface area contributed by atoms with Crippen LogP contribution in [0.4, 0.5) is 0 Å². The Balaban J connectivity index is 2.68. The Labute approximate surface area is 95.3 Å². The Morgan fingerprint density at radius 1 is 0.933 bits per heavy atom. The Hall–Kier alpha value is -1.21. The molecule has 2 rings (SSSR count). The molecule has 0 fully saturated rings. The van der Waals surface area contributed by atoms with Gasteiger partial charge < -0.3 is 4.57 Å². The van der Waals surface area contributed by atoms with E-state index in [1.165, 1.54) is 17.0 Å². The third-order valence-corrected chi connectivity index (χ3v) is 2.93.